The Kier molecular flexibility index (Phi) is 5.88. The molecule has 0 fully saturated rings. The van der Waals surface area contributed by atoms with Crippen molar-refractivity contribution in [3.8, 4) is 0 Å². The zero-order valence-electron chi connectivity index (χ0n) is 7.51. The predicted molar refractivity (Wildman–Crippen MR) is 52.0 cm³/mol. The van der Waals surface area contributed by atoms with Crippen LogP contribution in [0.3, 0.4) is 0 Å². The first-order chi connectivity index (χ1) is 5.52. The van der Waals surface area contributed by atoms with E-state index in [-0.39, 0.29) is 11.1 Å². The van der Waals surface area contributed by atoms with E-state index in [9.17, 15) is 8.42 Å². The standard InChI is InChI=1S/C7H16ClNO2S/c1-3-4-7(8)5-6-12(10,11)9-2/h7,9H,3-6H2,1-2H3. The first kappa shape index (κ1) is 12.2. The van der Waals surface area contributed by atoms with Crippen LogP contribution in [0.25, 0.3) is 0 Å². The molecule has 0 saturated carbocycles. The number of rotatable bonds is 6. The summed E-state index contributed by atoms with van der Waals surface area (Å²) >= 11 is 5.85. The van der Waals surface area contributed by atoms with Gasteiger partial charge in [0.05, 0.1) is 5.75 Å². The first-order valence-corrected chi connectivity index (χ1v) is 6.16. The minimum absolute atomic E-state index is 0.0156. The summed E-state index contributed by atoms with van der Waals surface area (Å²) in [6.45, 7) is 2.03. The minimum Gasteiger partial charge on any atom is -0.218 e. The van der Waals surface area contributed by atoms with Gasteiger partial charge in [0.25, 0.3) is 0 Å². The highest BCUT2D eigenvalue weighted by Crippen LogP contribution is 2.10. The van der Waals surface area contributed by atoms with E-state index in [1.165, 1.54) is 7.05 Å². The van der Waals surface area contributed by atoms with E-state index in [1.807, 2.05) is 6.92 Å². The Labute approximate surface area is 79.5 Å². The predicted octanol–water partition coefficient (Wildman–Crippen LogP) is 1.33. The van der Waals surface area contributed by atoms with Gasteiger partial charge in [0.15, 0.2) is 0 Å². The van der Waals surface area contributed by atoms with Gasteiger partial charge < -0.3 is 0 Å². The summed E-state index contributed by atoms with van der Waals surface area (Å²) in [5, 5.41) is -0.0156. The van der Waals surface area contributed by atoms with Gasteiger partial charge in [0, 0.05) is 5.38 Å². The summed E-state index contributed by atoms with van der Waals surface area (Å²) in [5.74, 6) is 0.123. The lowest BCUT2D eigenvalue weighted by molar-refractivity contribution is 0.582. The molecule has 0 aromatic heterocycles. The lowest BCUT2D eigenvalue weighted by atomic mass is 10.2. The normalized spacial score (nSPS) is 14.6. The van der Waals surface area contributed by atoms with Crippen molar-refractivity contribution in [2.24, 2.45) is 0 Å². The molecule has 0 aromatic rings. The van der Waals surface area contributed by atoms with Crippen molar-refractivity contribution >= 4 is 21.6 Å². The van der Waals surface area contributed by atoms with E-state index in [0.717, 1.165) is 12.8 Å². The Morgan fingerprint density at radius 1 is 1.42 bits per heavy atom. The maximum atomic E-state index is 10.9. The number of halogens is 1. The van der Waals surface area contributed by atoms with Gasteiger partial charge in [-0.2, -0.15) is 0 Å². The molecule has 0 aliphatic heterocycles. The van der Waals surface area contributed by atoms with Crippen LogP contribution in [-0.4, -0.2) is 26.6 Å². The molecule has 0 radical (unpaired) electrons. The smallest absolute Gasteiger partial charge is 0.211 e. The van der Waals surface area contributed by atoms with Crippen molar-refractivity contribution in [2.45, 2.75) is 31.6 Å². The molecule has 0 amide bonds. The van der Waals surface area contributed by atoms with E-state index >= 15 is 0 Å². The fourth-order valence-corrected chi connectivity index (χ4v) is 2.10. The zero-order valence-corrected chi connectivity index (χ0v) is 9.08. The van der Waals surface area contributed by atoms with E-state index in [4.69, 9.17) is 11.6 Å². The van der Waals surface area contributed by atoms with Gasteiger partial charge in [-0.25, -0.2) is 13.1 Å². The SMILES string of the molecule is CCCC(Cl)CCS(=O)(=O)NC. The third kappa shape index (κ3) is 5.80. The van der Waals surface area contributed by atoms with Crippen LogP contribution in [0.15, 0.2) is 0 Å². The summed E-state index contributed by atoms with van der Waals surface area (Å²) in [7, 11) is -1.65. The first-order valence-electron chi connectivity index (χ1n) is 4.07. The largest absolute Gasteiger partial charge is 0.218 e. The molecular formula is C7H16ClNO2S. The lowest BCUT2D eigenvalue weighted by Gasteiger charge is -2.07. The lowest BCUT2D eigenvalue weighted by Crippen LogP contribution is -2.23. The summed E-state index contributed by atoms with van der Waals surface area (Å²) in [6.07, 6.45) is 2.40. The van der Waals surface area contributed by atoms with E-state index in [2.05, 4.69) is 4.72 Å². The molecule has 0 aliphatic carbocycles. The molecule has 74 valence electrons. The van der Waals surface area contributed by atoms with E-state index < -0.39 is 10.0 Å². The van der Waals surface area contributed by atoms with Crippen molar-refractivity contribution in [1.29, 1.82) is 0 Å². The highest BCUT2D eigenvalue weighted by atomic mass is 35.5. The van der Waals surface area contributed by atoms with Gasteiger partial charge in [0.2, 0.25) is 10.0 Å². The Balaban J connectivity index is 3.68. The molecule has 0 aromatic carbocycles. The number of hydrogen-bond acceptors (Lipinski definition) is 2. The molecule has 0 rings (SSSR count). The second-order valence-corrected chi connectivity index (χ2v) is 5.36. The van der Waals surface area contributed by atoms with Crippen molar-refractivity contribution in [3.05, 3.63) is 0 Å². The molecule has 0 saturated heterocycles. The summed E-state index contributed by atoms with van der Waals surface area (Å²) < 4.78 is 24.1. The number of hydrogen-bond donors (Lipinski definition) is 1. The Morgan fingerprint density at radius 2 is 2.00 bits per heavy atom. The second-order valence-electron chi connectivity index (χ2n) is 2.70. The van der Waals surface area contributed by atoms with Crippen LogP contribution < -0.4 is 4.72 Å². The molecule has 0 aliphatic rings. The number of alkyl halides is 1. The van der Waals surface area contributed by atoms with Crippen molar-refractivity contribution < 1.29 is 8.42 Å². The fourth-order valence-electron chi connectivity index (χ4n) is 0.843. The number of sulfonamides is 1. The second kappa shape index (κ2) is 5.78. The summed E-state index contributed by atoms with van der Waals surface area (Å²) in [4.78, 5) is 0. The van der Waals surface area contributed by atoms with Crippen LogP contribution in [0.5, 0.6) is 0 Å². The van der Waals surface area contributed by atoms with Crippen LogP contribution in [0.2, 0.25) is 0 Å². The van der Waals surface area contributed by atoms with Gasteiger partial charge in [-0.05, 0) is 19.9 Å². The Bertz CT molecular complexity index is 203. The van der Waals surface area contributed by atoms with Gasteiger partial charge in [-0.3, -0.25) is 0 Å². The maximum absolute atomic E-state index is 10.9. The quantitative estimate of drug-likeness (QED) is 0.677. The molecule has 1 N–H and O–H groups in total. The van der Waals surface area contributed by atoms with Crippen LogP contribution >= 0.6 is 11.6 Å². The minimum atomic E-state index is -3.07. The van der Waals surface area contributed by atoms with Crippen molar-refractivity contribution in [3.63, 3.8) is 0 Å². The van der Waals surface area contributed by atoms with Crippen LogP contribution in [0.4, 0.5) is 0 Å². The molecule has 3 nitrogen and oxygen atoms in total. The molecule has 5 heteroatoms. The summed E-state index contributed by atoms with van der Waals surface area (Å²) in [6, 6.07) is 0. The van der Waals surface area contributed by atoms with E-state index in [0.29, 0.717) is 6.42 Å². The van der Waals surface area contributed by atoms with Crippen LogP contribution in [0, 0.1) is 0 Å². The molecule has 0 bridgehead atoms. The van der Waals surface area contributed by atoms with Gasteiger partial charge in [-0.1, -0.05) is 13.3 Å². The molecule has 12 heavy (non-hydrogen) atoms. The zero-order chi connectivity index (χ0) is 9.61. The molecule has 0 heterocycles. The highest BCUT2D eigenvalue weighted by molar-refractivity contribution is 7.89. The average molecular weight is 214 g/mol. The average Bonchev–Trinajstić information content (AvgIpc) is 2.02. The Morgan fingerprint density at radius 3 is 2.42 bits per heavy atom. The third-order valence-corrected chi connectivity index (χ3v) is 3.44. The maximum Gasteiger partial charge on any atom is 0.211 e. The summed E-state index contributed by atoms with van der Waals surface area (Å²) in [5.41, 5.74) is 0. The number of nitrogens with one attached hydrogen (secondary N) is 1. The highest BCUT2D eigenvalue weighted by Gasteiger charge is 2.10. The molecule has 1 unspecified atom stereocenters. The topological polar surface area (TPSA) is 46.2 Å². The van der Waals surface area contributed by atoms with Gasteiger partial charge >= 0.3 is 0 Å². The monoisotopic (exact) mass is 213 g/mol. The van der Waals surface area contributed by atoms with Gasteiger partial charge in [0.1, 0.15) is 0 Å². The third-order valence-electron chi connectivity index (χ3n) is 1.61. The van der Waals surface area contributed by atoms with E-state index in [1.54, 1.807) is 0 Å². The van der Waals surface area contributed by atoms with Crippen molar-refractivity contribution in [2.75, 3.05) is 12.8 Å². The molecular weight excluding hydrogens is 198 g/mol. The van der Waals surface area contributed by atoms with Crippen LogP contribution in [0.1, 0.15) is 26.2 Å². The Hall–Kier alpha value is 0.200. The molecule has 1 atom stereocenters. The van der Waals surface area contributed by atoms with Crippen molar-refractivity contribution in [1.82, 2.24) is 4.72 Å². The fraction of sp³-hybridized carbons (Fsp3) is 1.00. The molecule has 0 spiro atoms. The van der Waals surface area contributed by atoms with Crippen LogP contribution in [-0.2, 0) is 10.0 Å². The van der Waals surface area contributed by atoms with Gasteiger partial charge in [-0.15, -0.1) is 11.6 Å².